The second-order valence-corrected chi connectivity index (χ2v) is 3.73. The third-order valence-electron chi connectivity index (χ3n) is 2.79. The van der Waals surface area contributed by atoms with Crippen LogP contribution in [0.25, 0.3) is 0 Å². The molecule has 0 saturated carbocycles. The Hall–Kier alpha value is -1.38. The van der Waals surface area contributed by atoms with E-state index in [1.807, 2.05) is 32.1 Å². The van der Waals surface area contributed by atoms with Gasteiger partial charge in [0.25, 0.3) is 0 Å². The average molecular weight is 218 g/mol. The number of aliphatic hydroxyl groups is 2. The Morgan fingerprint density at radius 1 is 1.25 bits per heavy atom. The summed E-state index contributed by atoms with van der Waals surface area (Å²) in [7, 11) is 0. The molecule has 0 fully saturated rings. The fourth-order valence-corrected chi connectivity index (χ4v) is 1.94. The number of hydrogen-bond acceptors (Lipinski definition) is 2. The van der Waals surface area contributed by atoms with Crippen molar-refractivity contribution in [2.75, 3.05) is 0 Å². The Bertz CT molecular complexity index is 418. The Kier molecular flexibility index (Phi) is 3.68. The maximum absolute atomic E-state index is 10.1. The van der Waals surface area contributed by atoms with Gasteiger partial charge in [-0.25, -0.2) is 0 Å². The molecule has 0 radical (unpaired) electrons. The highest BCUT2D eigenvalue weighted by Crippen LogP contribution is 2.42. The van der Waals surface area contributed by atoms with Crippen LogP contribution in [-0.2, 0) is 0 Å². The fraction of sp³-hybridized carbons (Fsp3) is 0.286. The van der Waals surface area contributed by atoms with Crippen LogP contribution in [-0.4, -0.2) is 16.0 Å². The second-order valence-electron chi connectivity index (χ2n) is 3.73. The Labute approximate surface area is 96.6 Å². The first-order valence-electron chi connectivity index (χ1n) is 5.29. The van der Waals surface area contributed by atoms with Gasteiger partial charge < -0.3 is 10.2 Å². The molecule has 1 rings (SSSR count). The molecule has 0 aromatic carbocycles. The van der Waals surface area contributed by atoms with E-state index in [2.05, 4.69) is 6.58 Å². The molecule has 2 heteroatoms. The van der Waals surface area contributed by atoms with Gasteiger partial charge >= 0.3 is 0 Å². The molecule has 86 valence electrons. The largest absolute Gasteiger partial charge is 0.358 e. The van der Waals surface area contributed by atoms with E-state index < -0.39 is 5.79 Å². The predicted molar refractivity (Wildman–Crippen MR) is 66.7 cm³/mol. The molecule has 0 unspecified atom stereocenters. The maximum atomic E-state index is 10.1. The van der Waals surface area contributed by atoms with Crippen LogP contribution >= 0.6 is 0 Å². The van der Waals surface area contributed by atoms with E-state index in [9.17, 15) is 10.2 Å². The first kappa shape index (κ1) is 12.7. The third kappa shape index (κ3) is 1.82. The van der Waals surface area contributed by atoms with Gasteiger partial charge in [0, 0.05) is 5.57 Å². The van der Waals surface area contributed by atoms with Crippen LogP contribution in [0.3, 0.4) is 0 Å². The van der Waals surface area contributed by atoms with Crippen molar-refractivity contribution in [3.05, 3.63) is 59.3 Å². The van der Waals surface area contributed by atoms with Crippen LogP contribution in [0.1, 0.15) is 20.8 Å². The van der Waals surface area contributed by atoms with Crippen LogP contribution in [0.15, 0.2) is 59.3 Å². The van der Waals surface area contributed by atoms with Crippen molar-refractivity contribution in [2.24, 2.45) is 0 Å². The quantitative estimate of drug-likeness (QED) is 0.699. The van der Waals surface area contributed by atoms with Crippen LogP contribution in [0, 0.1) is 0 Å². The van der Waals surface area contributed by atoms with Gasteiger partial charge in [-0.15, -0.1) is 0 Å². The molecule has 0 aromatic heterocycles. The molecule has 0 saturated heterocycles. The summed E-state index contributed by atoms with van der Waals surface area (Å²) in [6.07, 6.45) is 8.84. The van der Waals surface area contributed by atoms with Gasteiger partial charge in [-0.3, -0.25) is 0 Å². The first-order valence-corrected chi connectivity index (χ1v) is 5.29. The second kappa shape index (κ2) is 4.64. The highest BCUT2D eigenvalue weighted by Gasteiger charge is 2.40. The Balaban J connectivity index is 3.46. The van der Waals surface area contributed by atoms with Crippen molar-refractivity contribution in [3.8, 4) is 0 Å². The van der Waals surface area contributed by atoms with E-state index in [0.717, 1.165) is 11.1 Å². The molecule has 0 atom stereocenters. The number of hydrogen-bond donors (Lipinski definition) is 2. The van der Waals surface area contributed by atoms with E-state index in [1.54, 1.807) is 19.1 Å². The summed E-state index contributed by atoms with van der Waals surface area (Å²) in [5, 5.41) is 20.1. The lowest BCUT2D eigenvalue weighted by molar-refractivity contribution is -0.0889. The average Bonchev–Trinajstić information content (AvgIpc) is 2.42. The van der Waals surface area contributed by atoms with Crippen LogP contribution in [0.5, 0.6) is 0 Å². The molecule has 0 amide bonds. The van der Waals surface area contributed by atoms with Crippen molar-refractivity contribution < 1.29 is 10.2 Å². The van der Waals surface area contributed by atoms with E-state index >= 15 is 0 Å². The van der Waals surface area contributed by atoms with Crippen molar-refractivity contribution in [1.29, 1.82) is 0 Å². The van der Waals surface area contributed by atoms with Crippen molar-refractivity contribution in [3.63, 3.8) is 0 Å². The molecule has 0 bridgehead atoms. The molecule has 16 heavy (non-hydrogen) atoms. The zero-order valence-corrected chi connectivity index (χ0v) is 9.99. The highest BCUT2D eigenvalue weighted by atomic mass is 16.5. The summed E-state index contributed by atoms with van der Waals surface area (Å²) in [6.45, 7) is 9.10. The van der Waals surface area contributed by atoms with Crippen molar-refractivity contribution >= 4 is 0 Å². The lowest BCUT2D eigenvalue weighted by Gasteiger charge is -2.19. The molecular formula is C14H18O2. The monoisotopic (exact) mass is 218 g/mol. The van der Waals surface area contributed by atoms with E-state index in [4.69, 9.17) is 0 Å². The van der Waals surface area contributed by atoms with Crippen LogP contribution in [0.2, 0.25) is 0 Å². The normalized spacial score (nSPS) is 25.1. The fourth-order valence-electron chi connectivity index (χ4n) is 1.94. The maximum Gasteiger partial charge on any atom is 0.214 e. The van der Waals surface area contributed by atoms with E-state index in [1.165, 1.54) is 0 Å². The molecule has 0 spiro atoms. The van der Waals surface area contributed by atoms with Gasteiger partial charge in [-0.05, 0) is 37.5 Å². The van der Waals surface area contributed by atoms with Crippen LogP contribution < -0.4 is 0 Å². The predicted octanol–water partition coefficient (Wildman–Crippen LogP) is 2.63. The molecular weight excluding hydrogens is 200 g/mol. The summed E-state index contributed by atoms with van der Waals surface area (Å²) in [5.41, 5.74) is 2.74. The van der Waals surface area contributed by atoms with Crippen molar-refractivity contribution in [2.45, 2.75) is 26.6 Å². The minimum absolute atomic E-state index is 0.482. The van der Waals surface area contributed by atoms with Gasteiger partial charge in [-0.1, -0.05) is 37.0 Å². The summed E-state index contributed by atoms with van der Waals surface area (Å²) >= 11 is 0. The van der Waals surface area contributed by atoms with Crippen molar-refractivity contribution in [1.82, 2.24) is 0 Å². The van der Waals surface area contributed by atoms with E-state index in [-0.39, 0.29) is 0 Å². The third-order valence-corrected chi connectivity index (χ3v) is 2.79. The molecule has 1 aliphatic rings. The Morgan fingerprint density at radius 2 is 1.88 bits per heavy atom. The van der Waals surface area contributed by atoms with E-state index in [0.29, 0.717) is 11.1 Å². The zero-order valence-electron chi connectivity index (χ0n) is 9.99. The molecule has 0 aromatic rings. The standard InChI is InChI=1S/C14H18O2/c1-5-8-12-10(4)14(15,16)13(9-6-2)11(12)7-3/h5-9,15-16H,2H2,1,3-4H3/b8-5-,11-7-,13-9?. The van der Waals surface area contributed by atoms with Gasteiger partial charge in [0.05, 0.1) is 0 Å². The SMILES string of the molecule is C=CC=C1/C(=C\C)C(/C=C\C)=C(C)C1(O)O. The zero-order chi connectivity index (χ0) is 12.3. The summed E-state index contributed by atoms with van der Waals surface area (Å²) < 4.78 is 0. The minimum atomic E-state index is -1.88. The molecule has 0 heterocycles. The molecule has 2 nitrogen and oxygen atoms in total. The number of allylic oxidation sites excluding steroid dienone is 6. The van der Waals surface area contributed by atoms with Gasteiger partial charge in [0.1, 0.15) is 0 Å². The Morgan fingerprint density at radius 3 is 2.31 bits per heavy atom. The summed E-state index contributed by atoms with van der Waals surface area (Å²) in [5.74, 6) is -1.88. The smallest absolute Gasteiger partial charge is 0.214 e. The summed E-state index contributed by atoms with van der Waals surface area (Å²) in [6, 6.07) is 0. The van der Waals surface area contributed by atoms with Gasteiger partial charge in [-0.2, -0.15) is 0 Å². The highest BCUT2D eigenvalue weighted by molar-refractivity contribution is 5.65. The first-order chi connectivity index (χ1) is 7.50. The molecule has 2 N–H and O–H groups in total. The van der Waals surface area contributed by atoms with Crippen LogP contribution in [0.4, 0.5) is 0 Å². The number of rotatable bonds is 2. The lowest BCUT2D eigenvalue weighted by Crippen LogP contribution is -2.28. The topological polar surface area (TPSA) is 40.5 Å². The molecule has 0 aliphatic heterocycles. The minimum Gasteiger partial charge on any atom is -0.358 e. The molecule has 1 aliphatic carbocycles. The lowest BCUT2D eigenvalue weighted by atomic mass is 10.0. The summed E-state index contributed by atoms with van der Waals surface area (Å²) in [4.78, 5) is 0. The van der Waals surface area contributed by atoms with Gasteiger partial charge in [0.15, 0.2) is 0 Å². The van der Waals surface area contributed by atoms with Gasteiger partial charge in [0.2, 0.25) is 5.79 Å².